The summed E-state index contributed by atoms with van der Waals surface area (Å²) in [5, 5.41) is 9.39. The number of hydrogen-bond donors (Lipinski definition) is 2. The van der Waals surface area contributed by atoms with Crippen molar-refractivity contribution in [2.75, 3.05) is 11.6 Å². The first-order valence-electron chi connectivity index (χ1n) is 10.2. The molecule has 3 aromatic rings. The summed E-state index contributed by atoms with van der Waals surface area (Å²) < 4.78 is 66.2. The number of ether oxygens (including phenoxy) is 1. The summed E-state index contributed by atoms with van der Waals surface area (Å²) >= 11 is 0. The van der Waals surface area contributed by atoms with Crippen molar-refractivity contribution in [3.05, 3.63) is 70.4 Å². The third-order valence-electron chi connectivity index (χ3n) is 5.10. The van der Waals surface area contributed by atoms with Gasteiger partial charge in [-0.2, -0.15) is 13.2 Å². The fraction of sp³-hybridized carbons (Fsp3) is 0.261. The van der Waals surface area contributed by atoms with Crippen molar-refractivity contribution in [3.8, 4) is 11.6 Å². The molecule has 34 heavy (non-hydrogen) atoms. The molecule has 0 fully saturated rings. The second-order valence-electron chi connectivity index (χ2n) is 7.70. The highest BCUT2D eigenvalue weighted by Crippen LogP contribution is 2.36. The molecule has 7 nitrogen and oxygen atoms in total. The SMILES string of the molecule is CCc1cccc(C)c1Oc1nnc(C(F)(F)F)c(C)c1C(=O)Nc1cccc(S(C)(=N)=O)c1. The van der Waals surface area contributed by atoms with Crippen LogP contribution >= 0.6 is 0 Å². The van der Waals surface area contributed by atoms with Crippen LogP contribution in [0, 0.1) is 18.6 Å². The number of aryl methyl sites for hydroxylation is 2. The fourth-order valence-electron chi connectivity index (χ4n) is 3.35. The molecule has 11 heteroatoms. The lowest BCUT2D eigenvalue weighted by Gasteiger charge is -2.18. The van der Waals surface area contributed by atoms with E-state index < -0.39 is 38.6 Å². The second kappa shape index (κ2) is 9.41. The molecule has 0 aliphatic rings. The van der Waals surface area contributed by atoms with E-state index in [1.54, 1.807) is 19.1 Å². The van der Waals surface area contributed by atoms with Crippen molar-refractivity contribution in [1.82, 2.24) is 10.2 Å². The Morgan fingerprint density at radius 2 is 1.82 bits per heavy atom. The normalized spacial score (nSPS) is 13.3. The Hall–Kier alpha value is -3.47. The number of alkyl halides is 3. The maximum absolute atomic E-state index is 13.5. The summed E-state index contributed by atoms with van der Waals surface area (Å²) in [5.74, 6) is -0.901. The zero-order chi connectivity index (χ0) is 25.3. The van der Waals surface area contributed by atoms with E-state index in [1.807, 2.05) is 13.0 Å². The molecule has 1 heterocycles. The average molecular weight is 493 g/mol. The number of anilines is 1. The minimum absolute atomic E-state index is 0.158. The van der Waals surface area contributed by atoms with Crippen LogP contribution in [-0.2, 0) is 22.3 Å². The third kappa shape index (κ3) is 5.36. The lowest BCUT2D eigenvalue weighted by molar-refractivity contribution is -0.142. The van der Waals surface area contributed by atoms with Crippen molar-refractivity contribution in [3.63, 3.8) is 0 Å². The van der Waals surface area contributed by atoms with Gasteiger partial charge in [0.1, 0.15) is 11.3 Å². The van der Waals surface area contributed by atoms with Gasteiger partial charge in [0.25, 0.3) is 11.8 Å². The Balaban J connectivity index is 2.12. The number of amides is 1. The van der Waals surface area contributed by atoms with Crippen LogP contribution in [0.1, 0.15) is 39.7 Å². The summed E-state index contributed by atoms with van der Waals surface area (Å²) in [6, 6.07) is 11.2. The molecule has 1 atom stereocenters. The van der Waals surface area contributed by atoms with Crippen molar-refractivity contribution >= 4 is 21.3 Å². The lowest BCUT2D eigenvalue weighted by Crippen LogP contribution is -2.21. The molecule has 1 unspecified atom stereocenters. The maximum atomic E-state index is 13.5. The third-order valence-corrected chi connectivity index (χ3v) is 6.25. The number of halogens is 3. The molecule has 2 N–H and O–H groups in total. The first-order valence-corrected chi connectivity index (χ1v) is 12.2. The Kier molecular flexibility index (Phi) is 6.97. The number of carbonyl (C=O) groups is 1. The standard InChI is InChI=1S/C23H23F3N4O3S/c1-5-15-9-6-8-13(2)19(15)33-22-18(14(3)20(29-30-22)23(24,25)26)21(31)28-16-10-7-11-17(12-16)34(4,27)32/h6-12,27H,5H2,1-4H3,(H,28,31). The van der Waals surface area contributed by atoms with Gasteiger partial charge in [0.2, 0.25) is 0 Å². The molecule has 0 bridgehead atoms. The Labute approximate surface area is 195 Å². The van der Waals surface area contributed by atoms with Gasteiger partial charge in [-0.1, -0.05) is 31.2 Å². The molecule has 0 aliphatic carbocycles. The van der Waals surface area contributed by atoms with E-state index in [4.69, 9.17) is 9.52 Å². The number of benzene rings is 2. The predicted octanol–water partition coefficient (Wildman–Crippen LogP) is 5.75. The molecule has 0 saturated carbocycles. The molecule has 2 aromatic carbocycles. The topological polar surface area (TPSA) is 105 Å². The molecule has 0 radical (unpaired) electrons. The minimum Gasteiger partial charge on any atom is -0.436 e. The van der Waals surface area contributed by atoms with Crippen molar-refractivity contribution < 1.29 is 26.9 Å². The summed E-state index contributed by atoms with van der Waals surface area (Å²) in [6.45, 7) is 4.79. The molecule has 1 aromatic heterocycles. The van der Waals surface area contributed by atoms with Crippen LogP contribution in [0.5, 0.6) is 11.6 Å². The minimum atomic E-state index is -4.83. The second-order valence-corrected chi connectivity index (χ2v) is 9.85. The van der Waals surface area contributed by atoms with Gasteiger partial charge in [0.05, 0.1) is 9.73 Å². The van der Waals surface area contributed by atoms with Gasteiger partial charge in [0, 0.05) is 16.8 Å². The Morgan fingerprint density at radius 1 is 1.15 bits per heavy atom. The summed E-state index contributed by atoms with van der Waals surface area (Å²) in [5.41, 5.74) is -0.525. The van der Waals surface area contributed by atoms with Crippen LogP contribution in [0.15, 0.2) is 47.4 Å². The Morgan fingerprint density at radius 3 is 2.44 bits per heavy atom. The Bertz CT molecular complexity index is 1360. The molecule has 0 spiro atoms. The van der Waals surface area contributed by atoms with Gasteiger partial charge in [-0.3, -0.25) is 4.79 Å². The van der Waals surface area contributed by atoms with E-state index in [-0.39, 0.29) is 16.5 Å². The van der Waals surface area contributed by atoms with Gasteiger partial charge in [-0.25, -0.2) is 8.99 Å². The van der Waals surface area contributed by atoms with Gasteiger partial charge < -0.3 is 10.1 Å². The summed E-state index contributed by atoms with van der Waals surface area (Å²) in [6.07, 6.45) is -3.03. The highest BCUT2D eigenvalue weighted by Gasteiger charge is 2.38. The number of nitrogens with zero attached hydrogens (tertiary/aromatic N) is 2. The first kappa shape index (κ1) is 25.2. The van der Waals surface area contributed by atoms with Crippen LogP contribution in [0.3, 0.4) is 0 Å². The van der Waals surface area contributed by atoms with Crippen molar-refractivity contribution in [2.24, 2.45) is 0 Å². The van der Waals surface area contributed by atoms with Crippen LogP contribution in [0.2, 0.25) is 0 Å². The summed E-state index contributed by atoms with van der Waals surface area (Å²) in [7, 11) is -3.07. The molecule has 3 rings (SSSR count). The van der Waals surface area contributed by atoms with Crippen LogP contribution in [0.4, 0.5) is 18.9 Å². The van der Waals surface area contributed by atoms with Gasteiger partial charge in [-0.15, -0.1) is 10.2 Å². The molecular weight excluding hydrogens is 469 g/mol. The van der Waals surface area contributed by atoms with Crippen LogP contribution < -0.4 is 10.1 Å². The molecule has 0 saturated heterocycles. The maximum Gasteiger partial charge on any atom is 0.435 e. The van der Waals surface area contributed by atoms with Crippen molar-refractivity contribution in [2.45, 2.75) is 38.3 Å². The van der Waals surface area contributed by atoms with E-state index in [2.05, 4.69) is 15.5 Å². The van der Waals surface area contributed by atoms with E-state index >= 15 is 0 Å². The largest absolute Gasteiger partial charge is 0.436 e. The van der Waals surface area contributed by atoms with E-state index in [0.29, 0.717) is 17.7 Å². The quantitative estimate of drug-likeness (QED) is 0.456. The van der Waals surface area contributed by atoms with Gasteiger partial charge in [-0.05, 0) is 55.2 Å². The molecule has 180 valence electrons. The van der Waals surface area contributed by atoms with Crippen molar-refractivity contribution in [1.29, 1.82) is 4.78 Å². The fourth-order valence-corrected chi connectivity index (χ4v) is 4.04. The van der Waals surface area contributed by atoms with Gasteiger partial charge >= 0.3 is 6.18 Å². The highest BCUT2D eigenvalue weighted by atomic mass is 32.2. The highest BCUT2D eigenvalue weighted by molar-refractivity contribution is 7.91. The molecule has 1 amide bonds. The number of aromatic nitrogens is 2. The lowest BCUT2D eigenvalue weighted by atomic mass is 10.1. The zero-order valence-electron chi connectivity index (χ0n) is 18.9. The smallest absolute Gasteiger partial charge is 0.435 e. The first-order chi connectivity index (χ1) is 15.8. The van der Waals surface area contributed by atoms with Gasteiger partial charge in [0.15, 0.2) is 5.69 Å². The number of para-hydroxylation sites is 1. The van der Waals surface area contributed by atoms with E-state index in [0.717, 1.165) is 12.5 Å². The number of rotatable bonds is 6. The monoisotopic (exact) mass is 492 g/mol. The van der Waals surface area contributed by atoms with E-state index in [1.165, 1.54) is 30.5 Å². The zero-order valence-corrected chi connectivity index (χ0v) is 19.7. The van der Waals surface area contributed by atoms with Crippen LogP contribution in [-0.4, -0.2) is 26.6 Å². The summed E-state index contributed by atoms with van der Waals surface area (Å²) in [4.78, 5) is 13.3. The molecule has 0 aliphatic heterocycles. The van der Waals surface area contributed by atoms with E-state index in [9.17, 15) is 22.2 Å². The average Bonchev–Trinajstić information content (AvgIpc) is 2.73. The van der Waals surface area contributed by atoms with Crippen LogP contribution in [0.25, 0.3) is 0 Å². The number of hydrogen-bond acceptors (Lipinski definition) is 6. The number of nitrogens with one attached hydrogen (secondary N) is 2. The predicted molar refractivity (Wildman–Crippen MR) is 122 cm³/mol. The molecular formula is C23H23F3N4O3S. The number of carbonyl (C=O) groups excluding carboxylic acids is 1.